The molecule has 1 amide bonds. The summed E-state index contributed by atoms with van der Waals surface area (Å²) in [5.41, 5.74) is 3.54. The van der Waals surface area contributed by atoms with Crippen LogP contribution >= 0.6 is 0 Å². The minimum atomic E-state index is -3.18. The molecule has 0 aliphatic carbocycles. The van der Waals surface area contributed by atoms with Gasteiger partial charge in [-0.25, -0.2) is 12.7 Å². The van der Waals surface area contributed by atoms with Crippen LogP contribution in [0.1, 0.15) is 23.1 Å². The van der Waals surface area contributed by atoms with Crippen molar-refractivity contribution >= 4 is 15.9 Å². The minimum Gasteiger partial charge on any atom is -0.355 e. The van der Waals surface area contributed by atoms with E-state index in [2.05, 4.69) is 23.5 Å². The number of likely N-dealkylation sites (N-methyl/N-ethyl adjacent to an activating group) is 1. The summed E-state index contributed by atoms with van der Waals surface area (Å²) in [6.07, 6.45) is 2.25. The minimum absolute atomic E-state index is 0.0592. The fourth-order valence-corrected chi connectivity index (χ4v) is 2.50. The number of carbonyl (C=O) groups is 1. The molecule has 118 valence electrons. The first-order chi connectivity index (χ1) is 9.68. The molecule has 0 fully saturated rings. The molecule has 0 radical (unpaired) electrons. The molecular weight excluding hydrogens is 288 g/mol. The van der Waals surface area contributed by atoms with Crippen molar-refractivity contribution in [3.63, 3.8) is 0 Å². The maximum atomic E-state index is 11.7. The van der Waals surface area contributed by atoms with E-state index in [0.29, 0.717) is 19.4 Å². The number of hydrogen-bond donors (Lipinski definition) is 1. The Morgan fingerprint density at radius 2 is 1.76 bits per heavy atom. The third-order valence-electron chi connectivity index (χ3n) is 3.24. The van der Waals surface area contributed by atoms with Gasteiger partial charge < -0.3 is 5.32 Å². The van der Waals surface area contributed by atoms with E-state index in [1.807, 2.05) is 13.8 Å². The van der Waals surface area contributed by atoms with Crippen LogP contribution in [0.3, 0.4) is 0 Å². The molecule has 5 nitrogen and oxygen atoms in total. The zero-order chi connectivity index (χ0) is 16.0. The third-order valence-corrected chi connectivity index (χ3v) is 4.55. The maximum Gasteiger partial charge on any atom is 0.220 e. The smallest absolute Gasteiger partial charge is 0.220 e. The first-order valence-electron chi connectivity index (χ1n) is 6.93. The van der Waals surface area contributed by atoms with Crippen LogP contribution in [0.5, 0.6) is 0 Å². The lowest BCUT2D eigenvalue weighted by Crippen LogP contribution is -2.35. The first kappa shape index (κ1) is 17.7. The Kier molecular flexibility index (Phi) is 6.36. The fraction of sp³-hybridized carbons (Fsp3) is 0.533. The predicted octanol–water partition coefficient (Wildman–Crippen LogP) is 1.24. The number of amides is 1. The second-order valence-electron chi connectivity index (χ2n) is 5.43. The highest BCUT2D eigenvalue weighted by Crippen LogP contribution is 2.10. The van der Waals surface area contributed by atoms with E-state index in [4.69, 9.17) is 0 Å². The quantitative estimate of drug-likeness (QED) is 0.824. The normalized spacial score (nSPS) is 11.7. The van der Waals surface area contributed by atoms with E-state index >= 15 is 0 Å². The number of aryl methyl sites for hydroxylation is 3. The summed E-state index contributed by atoms with van der Waals surface area (Å²) in [5, 5.41) is 2.74. The molecule has 0 aliphatic heterocycles. The average Bonchev–Trinajstić information content (AvgIpc) is 2.34. The molecule has 1 aromatic rings. The second kappa shape index (κ2) is 7.56. The molecule has 6 heteroatoms. The van der Waals surface area contributed by atoms with Crippen molar-refractivity contribution in [1.29, 1.82) is 0 Å². The molecule has 0 heterocycles. The van der Waals surface area contributed by atoms with Gasteiger partial charge in [-0.1, -0.05) is 29.3 Å². The zero-order valence-electron chi connectivity index (χ0n) is 13.1. The molecule has 21 heavy (non-hydrogen) atoms. The Balaban J connectivity index is 2.35. The zero-order valence-corrected chi connectivity index (χ0v) is 14.0. The van der Waals surface area contributed by atoms with Gasteiger partial charge in [-0.2, -0.15) is 0 Å². The topological polar surface area (TPSA) is 66.5 Å². The van der Waals surface area contributed by atoms with Gasteiger partial charge in [0.25, 0.3) is 0 Å². The Morgan fingerprint density at radius 1 is 1.19 bits per heavy atom. The summed E-state index contributed by atoms with van der Waals surface area (Å²) in [7, 11) is -1.69. The van der Waals surface area contributed by atoms with Crippen molar-refractivity contribution in [2.45, 2.75) is 26.7 Å². The van der Waals surface area contributed by atoms with Crippen molar-refractivity contribution in [2.75, 3.05) is 26.4 Å². The van der Waals surface area contributed by atoms with Gasteiger partial charge in [0, 0.05) is 26.6 Å². The standard InChI is InChI=1S/C15H24N2O3S/c1-12-9-13(2)11-14(10-12)5-6-15(18)16-7-8-17(3)21(4,19)20/h9-11H,5-8H2,1-4H3,(H,16,18). The molecule has 0 aliphatic rings. The Bertz CT molecular complexity index is 577. The van der Waals surface area contributed by atoms with Crippen LogP contribution in [-0.4, -0.2) is 45.0 Å². The van der Waals surface area contributed by atoms with Crippen molar-refractivity contribution in [2.24, 2.45) is 0 Å². The number of carbonyl (C=O) groups excluding carboxylic acids is 1. The number of rotatable bonds is 7. The van der Waals surface area contributed by atoms with Crippen molar-refractivity contribution in [3.8, 4) is 0 Å². The van der Waals surface area contributed by atoms with Crippen LogP contribution in [-0.2, 0) is 21.2 Å². The monoisotopic (exact) mass is 312 g/mol. The molecule has 0 atom stereocenters. The van der Waals surface area contributed by atoms with Gasteiger partial charge in [0.05, 0.1) is 6.26 Å². The van der Waals surface area contributed by atoms with Crippen molar-refractivity contribution in [3.05, 3.63) is 34.9 Å². The van der Waals surface area contributed by atoms with Crippen LogP contribution in [0, 0.1) is 13.8 Å². The summed E-state index contributed by atoms with van der Waals surface area (Å²) in [4.78, 5) is 11.7. The van der Waals surface area contributed by atoms with Crippen molar-refractivity contribution < 1.29 is 13.2 Å². The van der Waals surface area contributed by atoms with Gasteiger partial charge >= 0.3 is 0 Å². The Morgan fingerprint density at radius 3 is 2.29 bits per heavy atom. The van der Waals surface area contributed by atoms with Crippen LogP contribution in [0.25, 0.3) is 0 Å². The van der Waals surface area contributed by atoms with Gasteiger partial charge in [0.15, 0.2) is 0 Å². The van der Waals surface area contributed by atoms with Crippen molar-refractivity contribution in [1.82, 2.24) is 9.62 Å². The van der Waals surface area contributed by atoms with Gasteiger partial charge in [0.1, 0.15) is 0 Å². The van der Waals surface area contributed by atoms with Crippen LogP contribution < -0.4 is 5.32 Å². The number of nitrogens with zero attached hydrogens (tertiary/aromatic N) is 1. The summed E-state index contributed by atoms with van der Waals surface area (Å²) in [6.45, 7) is 4.69. The van der Waals surface area contributed by atoms with E-state index in [0.717, 1.165) is 11.8 Å². The number of sulfonamides is 1. The van der Waals surface area contributed by atoms with Crippen LogP contribution in [0.15, 0.2) is 18.2 Å². The molecular formula is C15H24N2O3S. The second-order valence-corrected chi connectivity index (χ2v) is 7.52. The average molecular weight is 312 g/mol. The summed E-state index contributed by atoms with van der Waals surface area (Å²) >= 11 is 0. The number of hydrogen-bond acceptors (Lipinski definition) is 3. The number of nitrogens with one attached hydrogen (secondary N) is 1. The van der Waals surface area contributed by atoms with Gasteiger partial charge in [-0.15, -0.1) is 0 Å². The molecule has 0 unspecified atom stereocenters. The summed E-state index contributed by atoms with van der Waals surface area (Å²) in [6, 6.07) is 6.26. The van der Waals surface area contributed by atoms with E-state index in [1.165, 1.54) is 22.5 Å². The molecule has 0 saturated heterocycles. The molecule has 0 saturated carbocycles. The van der Waals surface area contributed by atoms with Crippen LogP contribution in [0.2, 0.25) is 0 Å². The van der Waals surface area contributed by atoms with E-state index in [9.17, 15) is 13.2 Å². The lowest BCUT2D eigenvalue weighted by atomic mass is 10.0. The summed E-state index contributed by atoms with van der Waals surface area (Å²) < 4.78 is 23.6. The molecule has 1 aromatic carbocycles. The highest BCUT2D eigenvalue weighted by atomic mass is 32.2. The van der Waals surface area contributed by atoms with E-state index < -0.39 is 10.0 Å². The Hall–Kier alpha value is -1.40. The molecule has 1 rings (SSSR count). The first-order valence-corrected chi connectivity index (χ1v) is 8.78. The largest absolute Gasteiger partial charge is 0.355 e. The van der Waals surface area contributed by atoms with E-state index in [-0.39, 0.29) is 12.5 Å². The number of benzene rings is 1. The summed E-state index contributed by atoms with van der Waals surface area (Å²) in [5.74, 6) is -0.0592. The Labute approximate surface area is 127 Å². The van der Waals surface area contributed by atoms with Crippen LogP contribution in [0.4, 0.5) is 0 Å². The fourth-order valence-electron chi connectivity index (χ4n) is 2.08. The molecule has 1 N–H and O–H groups in total. The lowest BCUT2D eigenvalue weighted by molar-refractivity contribution is -0.121. The molecule has 0 spiro atoms. The third kappa shape index (κ3) is 6.73. The van der Waals surface area contributed by atoms with Gasteiger partial charge in [-0.3, -0.25) is 4.79 Å². The van der Waals surface area contributed by atoms with Gasteiger partial charge in [-0.05, 0) is 25.8 Å². The van der Waals surface area contributed by atoms with E-state index in [1.54, 1.807) is 0 Å². The highest BCUT2D eigenvalue weighted by Gasteiger charge is 2.10. The SMILES string of the molecule is Cc1cc(C)cc(CCC(=O)NCCN(C)S(C)(=O)=O)c1. The maximum absolute atomic E-state index is 11.7. The predicted molar refractivity (Wildman–Crippen MR) is 84.7 cm³/mol. The highest BCUT2D eigenvalue weighted by molar-refractivity contribution is 7.88. The molecule has 0 aromatic heterocycles. The molecule has 0 bridgehead atoms. The van der Waals surface area contributed by atoms with Gasteiger partial charge in [0.2, 0.25) is 15.9 Å². The lowest BCUT2D eigenvalue weighted by Gasteiger charge is -2.14.